The number of para-hydroxylation sites is 1. The van der Waals surface area contributed by atoms with Gasteiger partial charge in [0.15, 0.2) is 5.75 Å². The molecule has 0 fully saturated rings. The molecule has 1 amide bonds. The number of nitrogens with one attached hydrogen (secondary N) is 2. The zero-order valence-electron chi connectivity index (χ0n) is 16.4. The summed E-state index contributed by atoms with van der Waals surface area (Å²) in [6.45, 7) is 7.88. The Morgan fingerprint density at radius 1 is 1.18 bits per heavy atom. The van der Waals surface area contributed by atoms with E-state index >= 15 is 0 Å². The number of rotatable bonds is 5. The molecule has 0 aliphatic carbocycles. The predicted molar refractivity (Wildman–Crippen MR) is 109 cm³/mol. The maximum atomic E-state index is 12.8. The molecule has 0 spiro atoms. The molecular formula is C22H24N2O4. The number of aromatic hydroxyl groups is 1. The van der Waals surface area contributed by atoms with Crippen LogP contribution in [-0.4, -0.2) is 28.6 Å². The van der Waals surface area contributed by atoms with E-state index in [2.05, 4.69) is 10.3 Å². The van der Waals surface area contributed by atoms with Gasteiger partial charge in [-0.1, -0.05) is 29.8 Å². The lowest BCUT2D eigenvalue weighted by molar-refractivity contribution is 0.0925. The number of benzene rings is 2. The quantitative estimate of drug-likeness (QED) is 0.633. The highest BCUT2D eigenvalue weighted by molar-refractivity contribution is 6.08. The van der Waals surface area contributed by atoms with Crippen molar-refractivity contribution in [3.05, 3.63) is 69.0 Å². The fourth-order valence-corrected chi connectivity index (χ4v) is 3.20. The van der Waals surface area contributed by atoms with Crippen molar-refractivity contribution in [2.45, 2.75) is 33.7 Å². The molecular weight excluding hydrogens is 356 g/mol. The van der Waals surface area contributed by atoms with Crippen LogP contribution in [0.3, 0.4) is 0 Å². The molecule has 0 aliphatic heterocycles. The van der Waals surface area contributed by atoms with E-state index in [4.69, 9.17) is 4.74 Å². The molecule has 0 bridgehead atoms. The number of pyridine rings is 1. The van der Waals surface area contributed by atoms with E-state index in [-0.39, 0.29) is 18.2 Å². The Kier molecular flexibility index (Phi) is 5.40. The molecule has 3 N–H and O–H groups in total. The minimum atomic E-state index is -0.694. The molecule has 3 rings (SSSR count). The van der Waals surface area contributed by atoms with Crippen molar-refractivity contribution in [3.63, 3.8) is 0 Å². The lowest BCUT2D eigenvalue weighted by atomic mass is 10.0. The van der Waals surface area contributed by atoms with Crippen LogP contribution in [0, 0.1) is 20.8 Å². The zero-order chi connectivity index (χ0) is 20.4. The average Bonchev–Trinajstić information content (AvgIpc) is 2.62. The van der Waals surface area contributed by atoms with Gasteiger partial charge in [-0.2, -0.15) is 0 Å². The molecule has 2 aromatic carbocycles. The first kappa shape index (κ1) is 19.5. The summed E-state index contributed by atoms with van der Waals surface area (Å²) in [6.07, 6.45) is 0. The number of carbonyl (C=O) groups excluding carboxylic acids is 1. The molecule has 0 unspecified atom stereocenters. The van der Waals surface area contributed by atoms with Crippen LogP contribution in [-0.2, 0) is 0 Å². The van der Waals surface area contributed by atoms with Gasteiger partial charge in [-0.15, -0.1) is 0 Å². The van der Waals surface area contributed by atoms with Gasteiger partial charge in [-0.25, -0.2) is 0 Å². The summed E-state index contributed by atoms with van der Waals surface area (Å²) >= 11 is 0. The minimum Gasteiger partial charge on any atom is -0.502 e. The molecule has 0 saturated heterocycles. The summed E-state index contributed by atoms with van der Waals surface area (Å²) in [5, 5.41) is 13.5. The Hall–Kier alpha value is -3.28. The van der Waals surface area contributed by atoms with Crippen LogP contribution < -0.4 is 15.6 Å². The fraction of sp³-hybridized carbons (Fsp3) is 0.273. The van der Waals surface area contributed by atoms with Crippen LogP contribution >= 0.6 is 0 Å². The van der Waals surface area contributed by atoms with Crippen molar-refractivity contribution in [1.82, 2.24) is 10.3 Å². The predicted octanol–water partition coefficient (Wildman–Crippen LogP) is 3.36. The van der Waals surface area contributed by atoms with Crippen molar-refractivity contribution in [2.24, 2.45) is 0 Å². The van der Waals surface area contributed by atoms with Gasteiger partial charge in [-0.05, 0) is 51.0 Å². The first-order valence-corrected chi connectivity index (χ1v) is 9.13. The van der Waals surface area contributed by atoms with E-state index in [1.165, 1.54) is 0 Å². The number of ether oxygens (including phenoxy) is 1. The third kappa shape index (κ3) is 3.86. The molecule has 1 atom stereocenters. The molecule has 146 valence electrons. The topological polar surface area (TPSA) is 91.4 Å². The zero-order valence-corrected chi connectivity index (χ0v) is 16.4. The van der Waals surface area contributed by atoms with Crippen LogP contribution in [0.4, 0.5) is 0 Å². The van der Waals surface area contributed by atoms with Crippen molar-refractivity contribution in [3.8, 4) is 11.5 Å². The van der Waals surface area contributed by atoms with E-state index in [0.717, 1.165) is 22.4 Å². The number of fused-ring (bicyclic) bond motifs is 1. The van der Waals surface area contributed by atoms with E-state index in [0.29, 0.717) is 10.9 Å². The molecule has 3 aromatic rings. The summed E-state index contributed by atoms with van der Waals surface area (Å²) in [4.78, 5) is 27.4. The number of H-pyrrole nitrogens is 1. The lowest BCUT2D eigenvalue weighted by Crippen LogP contribution is -2.37. The molecule has 0 saturated carbocycles. The number of aromatic amines is 1. The SMILES string of the molecule is Cc1ccc2[nH]c(=O)c(O)c(C(=O)N[C@@H](C)COc3c(C)cccc3C)c2c1. The Bertz CT molecular complexity index is 1080. The number of hydrogen-bond donors (Lipinski definition) is 3. The van der Waals surface area contributed by atoms with E-state index < -0.39 is 17.2 Å². The summed E-state index contributed by atoms with van der Waals surface area (Å²) in [5.74, 6) is -0.307. The van der Waals surface area contributed by atoms with Crippen LogP contribution in [0.5, 0.6) is 11.5 Å². The molecule has 1 heterocycles. The number of aryl methyl sites for hydroxylation is 3. The lowest BCUT2D eigenvalue weighted by Gasteiger charge is -2.18. The van der Waals surface area contributed by atoms with Gasteiger partial charge in [-0.3, -0.25) is 9.59 Å². The summed E-state index contributed by atoms with van der Waals surface area (Å²) in [7, 11) is 0. The summed E-state index contributed by atoms with van der Waals surface area (Å²) in [5.41, 5.74) is 2.74. The first-order chi connectivity index (χ1) is 13.3. The number of aromatic nitrogens is 1. The molecule has 6 nitrogen and oxygen atoms in total. The summed E-state index contributed by atoms with van der Waals surface area (Å²) < 4.78 is 5.88. The van der Waals surface area contributed by atoms with Gasteiger partial charge in [0.05, 0.1) is 11.6 Å². The van der Waals surface area contributed by atoms with Crippen molar-refractivity contribution in [1.29, 1.82) is 0 Å². The van der Waals surface area contributed by atoms with Crippen LogP contribution in [0.15, 0.2) is 41.2 Å². The molecule has 0 radical (unpaired) electrons. The van der Waals surface area contributed by atoms with Crippen LogP contribution in [0.25, 0.3) is 10.9 Å². The highest BCUT2D eigenvalue weighted by Gasteiger charge is 2.20. The first-order valence-electron chi connectivity index (χ1n) is 9.13. The standard InChI is InChI=1S/C22H24N2O4/c1-12-8-9-17-16(10-12)18(19(25)22(27)24-17)21(26)23-15(4)11-28-20-13(2)6-5-7-14(20)3/h5-10,15,25H,11H2,1-4H3,(H,23,26)(H,24,27)/t15-/m0/s1. The van der Waals surface area contributed by atoms with Crippen LogP contribution in [0.2, 0.25) is 0 Å². The Labute approximate surface area is 163 Å². The van der Waals surface area contributed by atoms with Gasteiger partial charge in [0, 0.05) is 10.9 Å². The maximum Gasteiger partial charge on any atom is 0.291 e. The average molecular weight is 380 g/mol. The van der Waals surface area contributed by atoms with Crippen molar-refractivity contribution in [2.75, 3.05) is 6.61 Å². The molecule has 6 heteroatoms. The monoisotopic (exact) mass is 380 g/mol. The molecule has 1 aromatic heterocycles. The number of amides is 1. The second kappa shape index (κ2) is 7.76. The Balaban J connectivity index is 1.82. The van der Waals surface area contributed by atoms with Gasteiger partial charge >= 0.3 is 0 Å². The minimum absolute atomic E-state index is 0.0265. The highest BCUT2D eigenvalue weighted by atomic mass is 16.5. The Morgan fingerprint density at radius 2 is 1.86 bits per heavy atom. The Morgan fingerprint density at radius 3 is 2.54 bits per heavy atom. The third-order valence-electron chi connectivity index (χ3n) is 4.64. The second-order valence-electron chi connectivity index (χ2n) is 7.13. The van der Waals surface area contributed by atoms with E-state index in [1.807, 2.05) is 52.0 Å². The summed E-state index contributed by atoms with van der Waals surface area (Å²) in [6, 6.07) is 10.9. The number of hydrogen-bond acceptors (Lipinski definition) is 4. The number of carbonyl (C=O) groups is 1. The molecule has 0 aliphatic rings. The smallest absolute Gasteiger partial charge is 0.291 e. The van der Waals surface area contributed by atoms with Gasteiger partial charge in [0.1, 0.15) is 12.4 Å². The third-order valence-corrected chi connectivity index (χ3v) is 4.64. The maximum absolute atomic E-state index is 12.8. The van der Waals surface area contributed by atoms with Gasteiger partial charge in [0.2, 0.25) is 0 Å². The fourth-order valence-electron chi connectivity index (χ4n) is 3.20. The largest absolute Gasteiger partial charge is 0.502 e. The highest BCUT2D eigenvalue weighted by Crippen LogP contribution is 2.24. The normalized spacial score (nSPS) is 12.0. The van der Waals surface area contributed by atoms with Gasteiger partial charge in [0.25, 0.3) is 11.5 Å². The van der Waals surface area contributed by atoms with Crippen LogP contribution in [0.1, 0.15) is 34.0 Å². The van der Waals surface area contributed by atoms with Crippen molar-refractivity contribution < 1.29 is 14.6 Å². The van der Waals surface area contributed by atoms with Gasteiger partial charge < -0.3 is 20.1 Å². The second-order valence-corrected chi connectivity index (χ2v) is 7.13. The van der Waals surface area contributed by atoms with E-state index in [9.17, 15) is 14.7 Å². The molecule has 28 heavy (non-hydrogen) atoms. The van der Waals surface area contributed by atoms with E-state index in [1.54, 1.807) is 12.1 Å². The van der Waals surface area contributed by atoms with Crippen molar-refractivity contribution >= 4 is 16.8 Å².